The van der Waals surface area contributed by atoms with Gasteiger partial charge in [0.05, 0.1) is 0 Å². The van der Waals surface area contributed by atoms with E-state index in [1.807, 2.05) is 0 Å². The average Bonchev–Trinajstić information content (AvgIpc) is 0.746. The van der Waals surface area contributed by atoms with Crippen molar-refractivity contribution in [2.75, 3.05) is 0 Å². The average molecular weight is 1330 g/mol. The molecule has 16 aromatic carbocycles. The molecule has 0 heteroatoms. The third-order valence-corrected chi connectivity index (χ3v) is 21.6. The van der Waals surface area contributed by atoms with E-state index in [-0.39, 0.29) is 47.3 Å². The summed E-state index contributed by atoms with van der Waals surface area (Å²) < 4.78 is 0. The number of hydrogen-bond acceptors (Lipinski definition) is 0. The Morgan fingerprint density at radius 3 is 0.346 bits per heavy atom. The van der Waals surface area contributed by atoms with Crippen LogP contribution in [0.5, 0.6) is 0 Å². The van der Waals surface area contributed by atoms with Gasteiger partial charge in [0.1, 0.15) is 0 Å². The molecule has 8 bridgehead atoms. The molecule has 17 rings (SSSR count). The van der Waals surface area contributed by atoms with Crippen molar-refractivity contribution in [2.45, 2.75) is 47.3 Å². The molecule has 0 radical (unpaired) electrons. The van der Waals surface area contributed by atoms with E-state index in [4.69, 9.17) is 0 Å². The Kier molecular flexibility index (Phi) is 18.7. The minimum absolute atomic E-state index is 0.112. The van der Waals surface area contributed by atoms with E-state index in [1.165, 1.54) is 134 Å². The smallest absolute Gasteiger partial charge is 0.0340 e. The molecule has 0 unspecified atom stereocenters. The Balaban J connectivity index is 1.07. The van der Waals surface area contributed by atoms with Crippen molar-refractivity contribution in [3.05, 3.63) is 570 Å². The normalized spacial score (nSPS) is 14.9. The maximum atomic E-state index is 2.61. The van der Waals surface area contributed by atoms with Gasteiger partial charge in [0.2, 0.25) is 0 Å². The first-order valence-electron chi connectivity index (χ1n) is 36.8. The Hall–Kier alpha value is -12.5. The molecule has 0 saturated carbocycles. The lowest BCUT2D eigenvalue weighted by atomic mass is 9.72. The summed E-state index contributed by atoms with van der Waals surface area (Å²) in [6.07, 6.45) is 0. The maximum Gasteiger partial charge on any atom is 0.0340 e. The zero-order chi connectivity index (χ0) is 69.4. The van der Waals surface area contributed by atoms with Crippen molar-refractivity contribution >= 4 is 0 Å². The van der Waals surface area contributed by atoms with Crippen LogP contribution >= 0.6 is 0 Å². The maximum absolute atomic E-state index is 2.61. The molecule has 104 heavy (non-hydrogen) atoms. The van der Waals surface area contributed by atoms with E-state index in [2.05, 4.69) is 437 Å². The van der Waals surface area contributed by atoms with Gasteiger partial charge in [-0.25, -0.2) is 0 Å². The summed E-state index contributed by atoms with van der Waals surface area (Å²) in [6.45, 7) is 0. The molecule has 16 aromatic rings. The Bertz CT molecular complexity index is 4520. The molecule has 496 valence electrons. The highest BCUT2D eigenvalue weighted by molar-refractivity contribution is 5.63. The molecule has 0 nitrogen and oxygen atoms in total. The number of rotatable bonds is 16. The van der Waals surface area contributed by atoms with Gasteiger partial charge in [0.15, 0.2) is 0 Å². The van der Waals surface area contributed by atoms with E-state index in [0.29, 0.717) is 0 Å². The van der Waals surface area contributed by atoms with E-state index < -0.39 is 0 Å². The van der Waals surface area contributed by atoms with E-state index in [1.54, 1.807) is 0 Å². The van der Waals surface area contributed by atoms with Crippen molar-refractivity contribution in [1.82, 2.24) is 0 Å². The van der Waals surface area contributed by atoms with Crippen molar-refractivity contribution in [3.63, 3.8) is 0 Å². The predicted molar refractivity (Wildman–Crippen MR) is 431 cm³/mol. The molecule has 0 atom stereocenters. The van der Waals surface area contributed by atoms with Crippen LogP contribution in [0.4, 0.5) is 0 Å². The third-order valence-electron chi connectivity index (χ3n) is 21.6. The van der Waals surface area contributed by atoms with Crippen LogP contribution in [0, 0.1) is 0 Å². The van der Waals surface area contributed by atoms with Crippen molar-refractivity contribution in [1.29, 1.82) is 0 Å². The van der Waals surface area contributed by atoms with Gasteiger partial charge in [-0.2, -0.15) is 0 Å². The fourth-order valence-electron chi connectivity index (χ4n) is 17.2. The Morgan fingerprint density at radius 1 is 0.106 bits per heavy atom. The van der Waals surface area contributed by atoms with Crippen molar-refractivity contribution in [2.24, 2.45) is 0 Å². The van der Waals surface area contributed by atoms with Gasteiger partial charge < -0.3 is 0 Å². The molecule has 0 aromatic heterocycles. The van der Waals surface area contributed by atoms with Crippen LogP contribution in [-0.2, 0) is 0 Å². The quantitative estimate of drug-likeness (QED) is 0.0846. The molecule has 0 aliphatic heterocycles. The van der Waals surface area contributed by atoms with Crippen LogP contribution in [0.1, 0.15) is 181 Å². The molecular weight excluding hydrogens is 1250 g/mol. The lowest BCUT2D eigenvalue weighted by Gasteiger charge is -2.32. The second-order valence-corrected chi connectivity index (χ2v) is 28.1. The summed E-state index contributed by atoms with van der Waals surface area (Å²) in [5.74, 6) is -1.44. The van der Waals surface area contributed by atoms with Crippen LogP contribution in [0.15, 0.2) is 437 Å². The second-order valence-electron chi connectivity index (χ2n) is 28.1. The van der Waals surface area contributed by atoms with Gasteiger partial charge in [0, 0.05) is 47.3 Å². The molecule has 0 fully saturated rings. The summed E-state index contributed by atoms with van der Waals surface area (Å²) in [7, 11) is 0. The summed E-state index contributed by atoms with van der Waals surface area (Å²) in [5, 5.41) is 0. The monoisotopic (exact) mass is 1330 g/mol. The molecule has 0 amide bonds. The Morgan fingerprint density at radius 2 is 0.221 bits per heavy atom. The molecule has 0 spiro atoms. The predicted octanol–water partition coefficient (Wildman–Crippen LogP) is 25.4. The number of fused-ring (bicyclic) bond motifs is 8. The topological polar surface area (TPSA) is 0 Å². The highest BCUT2D eigenvalue weighted by Gasteiger charge is 2.34. The van der Waals surface area contributed by atoms with Gasteiger partial charge in [0.25, 0.3) is 0 Å². The third kappa shape index (κ3) is 13.6. The van der Waals surface area contributed by atoms with E-state index in [0.717, 1.165) is 0 Å². The van der Waals surface area contributed by atoms with Crippen LogP contribution in [-0.4, -0.2) is 0 Å². The zero-order valence-corrected chi connectivity index (χ0v) is 58.2. The number of hydrogen-bond donors (Lipinski definition) is 0. The summed E-state index contributed by atoms with van der Waals surface area (Å²) in [4.78, 5) is 0. The first-order chi connectivity index (χ1) is 51.6. The van der Waals surface area contributed by atoms with Crippen molar-refractivity contribution in [3.8, 4) is 0 Å². The van der Waals surface area contributed by atoms with Gasteiger partial charge in [-0.1, -0.05) is 437 Å². The van der Waals surface area contributed by atoms with Crippen LogP contribution < -0.4 is 0 Å². The fourth-order valence-corrected chi connectivity index (χ4v) is 17.2. The van der Waals surface area contributed by atoms with Crippen LogP contribution in [0.3, 0.4) is 0 Å². The minimum Gasteiger partial charge on any atom is -0.0622 e. The number of benzene rings is 16. The summed E-state index contributed by atoms with van der Waals surface area (Å²) >= 11 is 0. The standard InChI is InChI=1S/C104H80/c1-13-37-73(38-14-1)97(74-39-15-2-16-40-74)85-61-89-69-90(62-85)102(82-55-31-10-32-56-82)92-64-87(99(77-45-21-5-22-46-77)78-47-23-6-24-48-78)66-94(71-92)104(84-59-35-12-36-60-84)96-68-88(100(79-49-25-7-26-50-79)80-51-27-8-28-52-80)67-95(72-96)103(83-57-33-11-34-58-83)93-65-86(63-91(70-93)101(89)81-53-29-9-30-54-81)98(75-41-17-3-18-42-75)76-43-19-4-20-44-76/h1-72,97-104H. The molecule has 1 aliphatic carbocycles. The second kappa shape index (κ2) is 30.0. The summed E-state index contributed by atoms with van der Waals surface area (Å²) in [5.41, 5.74) is 29.6. The lowest BCUT2D eigenvalue weighted by Crippen LogP contribution is -2.16. The zero-order valence-electron chi connectivity index (χ0n) is 58.2. The van der Waals surface area contributed by atoms with E-state index in [9.17, 15) is 0 Å². The van der Waals surface area contributed by atoms with Crippen molar-refractivity contribution < 1.29 is 0 Å². The van der Waals surface area contributed by atoms with E-state index >= 15 is 0 Å². The molecular formula is C104H80. The first kappa shape index (κ1) is 64.9. The first-order valence-corrected chi connectivity index (χ1v) is 36.8. The van der Waals surface area contributed by atoms with Gasteiger partial charge in [-0.3, -0.25) is 0 Å². The SMILES string of the molecule is c1ccc(C(c2ccccc2)c2cc3cc(c2)C(c2ccccc2)c2cc(C(c4ccccc4)c4ccccc4)cc(c2)C(c2ccccc2)c2cc(C(c4ccccc4)c4ccccc4)cc(c2)C(c2ccccc2)c2cc(C(c4ccccc4)c4ccccc4)cc(c2)C3c2ccccc2)cc1. The molecule has 0 N–H and O–H groups in total. The molecule has 0 saturated heterocycles. The molecule has 1 aliphatic rings. The van der Waals surface area contributed by atoms with Crippen LogP contribution in [0.25, 0.3) is 0 Å². The van der Waals surface area contributed by atoms with Gasteiger partial charge >= 0.3 is 0 Å². The van der Waals surface area contributed by atoms with Gasteiger partial charge in [-0.15, -0.1) is 0 Å². The van der Waals surface area contributed by atoms with Gasteiger partial charge in [-0.05, 0) is 134 Å². The summed E-state index contributed by atoms with van der Waals surface area (Å²) in [6, 6.07) is 167. The van der Waals surface area contributed by atoms with Crippen LogP contribution in [0.2, 0.25) is 0 Å². The largest absolute Gasteiger partial charge is 0.0622 e. The highest BCUT2D eigenvalue weighted by atomic mass is 14.4. The molecule has 0 heterocycles. The fraction of sp³-hybridized carbons (Fsp3) is 0.0769. The highest BCUT2D eigenvalue weighted by Crippen LogP contribution is 2.50. The minimum atomic E-state index is -0.249. The lowest BCUT2D eigenvalue weighted by molar-refractivity contribution is 0.868. The Labute approximate surface area is 613 Å².